The molecule has 1 saturated carbocycles. The predicted octanol–water partition coefficient (Wildman–Crippen LogP) is 5.88. The lowest BCUT2D eigenvalue weighted by atomic mass is 9.71. The molecule has 144 valence electrons. The number of ether oxygens (including phenoxy) is 1. The molecule has 4 atom stereocenters. The fraction of sp³-hybridized carbons (Fsp3) is 0.520. The molecule has 2 aromatic carbocycles. The van der Waals surface area contributed by atoms with Gasteiger partial charge in [0.15, 0.2) is 0 Å². The third-order valence-corrected chi connectivity index (χ3v) is 6.93. The topological polar surface area (TPSA) is 12.5 Å². The van der Waals surface area contributed by atoms with Gasteiger partial charge in [-0.15, -0.1) is 0 Å². The van der Waals surface area contributed by atoms with Gasteiger partial charge in [0.05, 0.1) is 7.11 Å². The number of nitrogens with zero attached hydrogens (tertiary/aromatic N) is 1. The Bertz CT molecular complexity index is 711. The largest absolute Gasteiger partial charge is 0.497 e. The summed E-state index contributed by atoms with van der Waals surface area (Å²) in [4.78, 5) is 2.81. The monoisotopic (exact) mass is 363 g/mol. The molecule has 1 heterocycles. The van der Waals surface area contributed by atoms with Crippen LogP contribution in [0.4, 0.5) is 0 Å². The second-order valence-electron chi connectivity index (χ2n) is 8.53. The SMILES string of the molecule is COc1ccc(C[C@H]2CC[C@H]3[C@@H](CCCN3C(C)c3ccccc3)C2)cc1. The molecule has 0 N–H and O–H groups in total. The fourth-order valence-corrected chi connectivity index (χ4v) is 5.48. The van der Waals surface area contributed by atoms with Crippen molar-refractivity contribution in [2.45, 2.75) is 57.5 Å². The summed E-state index contributed by atoms with van der Waals surface area (Å²) in [6.45, 7) is 3.67. The number of piperidine rings is 1. The van der Waals surface area contributed by atoms with Crippen LogP contribution in [0.5, 0.6) is 5.75 Å². The van der Waals surface area contributed by atoms with E-state index in [-0.39, 0.29) is 0 Å². The minimum Gasteiger partial charge on any atom is -0.497 e. The Morgan fingerprint density at radius 2 is 1.78 bits per heavy atom. The molecule has 1 aliphatic heterocycles. The number of methoxy groups -OCH3 is 1. The zero-order valence-electron chi connectivity index (χ0n) is 16.8. The summed E-state index contributed by atoms with van der Waals surface area (Å²) in [6.07, 6.45) is 8.12. The van der Waals surface area contributed by atoms with Gasteiger partial charge in [-0.05, 0) is 87.1 Å². The molecule has 2 aromatic rings. The van der Waals surface area contributed by atoms with Crippen molar-refractivity contribution >= 4 is 0 Å². The van der Waals surface area contributed by atoms with E-state index in [0.717, 1.165) is 23.6 Å². The Labute approximate surface area is 164 Å². The molecular weight excluding hydrogens is 330 g/mol. The highest BCUT2D eigenvalue weighted by molar-refractivity contribution is 5.27. The number of likely N-dealkylation sites (tertiary alicyclic amines) is 1. The molecule has 27 heavy (non-hydrogen) atoms. The van der Waals surface area contributed by atoms with E-state index in [1.807, 2.05) is 0 Å². The number of benzene rings is 2. The molecule has 0 amide bonds. The van der Waals surface area contributed by atoms with Crippen molar-refractivity contribution in [2.75, 3.05) is 13.7 Å². The van der Waals surface area contributed by atoms with E-state index in [2.05, 4.69) is 66.4 Å². The first-order valence-corrected chi connectivity index (χ1v) is 10.7. The van der Waals surface area contributed by atoms with Crippen LogP contribution < -0.4 is 4.74 Å². The van der Waals surface area contributed by atoms with Crippen LogP contribution in [0.15, 0.2) is 54.6 Å². The summed E-state index contributed by atoms with van der Waals surface area (Å²) in [7, 11) is 1.74. The van der Waals surface area contributed by atoms with Crippen LogP contribution in [-0.2, 0) is 6.42 Å². The van der Waals surface area contributed by atoms with Crippen molar-refractivity contribution in [3.05, 3.63) is 65.7 Å². The molecule has 0 spiro atoms. The molecule has 2 heteroatoms. The standard InChI is InChI=1S/C25H33NO/c1-19(22-7-4-3-5-8-22)26-16-6-9-23-18-21(12-15-25(23)26)17-20-10-13-24(27-2)14-11-20/h3-5,7-8,10-11,13-14,19,21,23,25H,6,9,12,15-18H2,1-2H3/t19?,21-,23+,25+/m1/s1. The van der Waals surface area contributed by atoms with E-state index in [0.29, 0.717) is 6.04 Å². The van der Waals surface area contributed by atoms with E-state index in [1.54, 1.807) is 7.11 Å². The maximum atomic E-state index is 5.29. The second-order valence-corrected chi connectivity index (χ2v) is 8.53. The molecular formula is C25H33NO. The van der Waals surface area contributed by atoms with Gasteiger partial charge in [0.1, 0.15) is 5.75 Å². The van der Waals surface area contributed by atoms with Crippen LogP contribution in [0.1, 0.15) is 56.2 Å². The van der Waals surface area contributed by atoms with Crippen LogP contribution in [0.3, 0.4) is 0 Å². The number of rotatable bonds is 5. The molecule has 0 bridgehead atoms. The quantitative estimate of drug-likeness (QED) is 0.658. The summed E-state index contributed by atoms with van der Waals surface area (Å²) >= 11 is 0. The summed E-state index contributed by atoms with van der Waals surface area (Å²) in [5, 5.41) is 0. The highest BCUT2D eigenvalue weighted by Crippen LogP contribution is 2.42. The van der Waals surface area contributed by atoms with Crippen molar-refractivity contribution in [1.82, 2.24) is 4.90 Å². The lowest BCUT2D eigenvalue weighted by molar-refractivity contribution is 0.0155. The lowest BCUT2D eigenvalue weighted by Crippen LogP contribution is -2.49. The van der Waals surface area contributed by atoms with Gasteiger partial charge in [0.2, 0.25) is 0 Å². The van der Waals surface area contributed by atoms with Gasteiger partial charge in [0, 0.05) is 12.1 Å². The van der Waals surface area contributed by atoms with Gasteiger partial charge in [-0.2, -0.15) is 0 Å². The summed E-state index contributed by atoms with van der Waals surface area (Å²) in [6, 6.07) is 21.1. The first-order chi connectivity index (χ1) is 13.2. The summed E-state index contributed by atoms with van der Waals surface area (Å²) in [5.41, 5.74) is 2.93. The van der Waals surface area contributed by atoms with Gasteiger partial charge >= 0.3 is 0 Å². The Morgan fingerprint density at radius 1 is 1.00 bits per heavy atom. The smallest absolute Gasteiger partial charge is 0.118 e. The highest BCUT2D eigenvalue weighted by Gasteiger charge is 2.38. The molecule has 2 fully saturated rings. The van der Waals surface area contributed by atoms with E-state index in [9.17, 15) is 0 Å². The molecule has 2 nitrogen and oxygen atoms in total. The van der Waals surface area contributed by atoms with Gasteiger partial charge in [-0.25, -0.2) is 0 Å². The van der Waals surface area contributed by atoms with Crippen molar-refractivity contribution in [1.29, 1.82) is 0 Å². The second kappa shape index (κ2) is 8.48. The average Bonchev–Trinajstić information content (AvgIpc) is 2.74. The Balaban J connectivity index is 1.39. The van der Waals surface area contributed by atoms with Gasteiger partial charge < -0.3 is 4.74 Å². The van der Waals surface area contributed by atoms with Crippen LogP contribution in [0, 0.1) is 11.8 Å². The minimum atomic E-state index is 0.539. The fourth-order valence-electron chi connectivity index (χ4n) is 5.48. The Morgan fingerprint density at radius 3 is 2.52 bits per heavy atom. The lowest BCUT2D eigenvalue weighted by Gasteiger charge is -2.48. The third kappa shape index (κ3) is 4.21. The summed E-state index contributed by atoms with van der Waals surface area (Å²) in [5.74, 6) is 2.67. The molecule has 0 aromatic heterocycles. The van der Waals surface area contributed by atoms with Crippen molar-refractivity contribution in [2.24, 2.45) is 11.8 Å². The van der Waals surface area contributed by atoms with Crippen LogP contribution in [-0.4, -0.2) is 24.6 Å². The van der Waals surface area contributed by atoms with Crippen molar-refractivity contribution in [3.8, 4) is 5.75 Å². The van der Waals surface area contributed by atoms with Gasteiger partial charge in [-0.3, -0.25) is 4.90 Å². The van der Waals surface area contributed by atoms with Crippen molar-refractivity contribution < 1.29 is 4.74 Å². The van der Waals surface area contributed by atoms with Crippen LogP contribution in [0.25, 0.3) is 0 Å². The molecule has 4 rings (SSSR count). The maximum Gasteiger partial charge on any atom is 0.118 e. The first kappa shape index (κ1) is 18.6. The number of fused-ring (bicyclic) bond motifs is 1. The Kier molecular flexibility index (Phi) is 5.83. The third-order valence-electron chi connectivity index (χ3n) is 6.93. The average molecular weight is 364 g/mol. The van der Waals surface area contributed by atoms with Crippen LogP contribution >= 0.6 is 0 Å². The molecule has 0 radical (unpaired) electrons. The molecule has 1 saturated heterocycles. The number of hydrogen-bond donors (Lipinski definition) is 0. The zero-order chi connectivity index (χ0) is 18.6. The summed E-state index contributed by atoms with van der Waals surface area (Å²) < 4.78 is 5.29. The van der Waals surface area contributed by atoms with Crippen LogP contribution in [0.2, 0.25) is 0 Å². The molecule has 2 aliphatic rings. The zero-order valence-corrected chi connectivity index (χ0v) is 16.8. The molecule has 1 unspecified atom stereocenters. The predicted molar refractivity (Wildman–Crippen MR) is 112 cm³/mol. The highest BCUT2D eigenvalue weighted by atomic mass is 16.5. The van der Waals surface area contributed by atoms with Crippen molar-refractivity contribution in [3.63, 3.8) is 0 Å². The van der Waals surface area contributed by atoms with E-state index in [4.69, 9.17) is 4.74 Å². The Hall–Kier alpha value is -1.80. The number of hydrogen-bond acceptors (Lipinski definition) is 2. The van der Waals surface area contributed by atoms with E-state index in [1.165, 1.54) is 56.2 Å². The maximum absolute atomic E-state index is 5.29. The van der Waals surface area contributed by atoms with E-state index < -0.39 is 0 Å². The molecule has 1 aliphatic carbocycles. The normalized spacial score (nSPS) is 27.0. The van der Waals surface area contributed by atoms with Gasteiger partial charge in [0.25, 0.3) is 0 Å². The van der Waals surface area contributed by atoms with Gasteiger partial charge in [-0.1, -0.05) is 42.5 Å². The minimum absolute atomic E-state index is 0.539. The first-order valence-electron chi connectivity index (χ1n) is 10.7. The van der Waals surface area contributed by atoms with E-state index >= 15 is 0 Å².